The molecule has 0 aliphatic rings. The van der Waals surface area contributed by atoms with Crippen LogP contribution < -0.4 is 0 Å². The Hall–Kier alpha value is -1.31. The largest absolute Gasteiger partial charge is 0.461 e. The fourth-order valence-corrected chi connectivity index (χ4v) is 2.70. The van der Waals surface area contributed by atoms with E-state index in [1.165, 1.54) is 11.8 Å². The van der Waals surface area contributed by atoms with Crippen molar-refractivity contribution in [2.75, 3.05) is 12.4 Å². The molecule has 116 valence electrons. The minimum atomic E-state index is -0.522. The highest BCUT2D eigenvalue weighted by Gasteiger charge is 2.16. The average Bonchev–Trinajstić information content (AvgIpc) is 3.10. The summed E-state index contributed by atoms with van der Waals surface area (Å²) < 4.78 is 12.7. The van der Waals surface area contributed by atoms with Gasteiger partial charge in [-0.1, -0.05) is 11.8 Å². The second kappa shape index (κ2) is 7.63. The molecule has 2 aromatic heterocycles. The topological polar surface area (TPSA) is 73.3 Å². The van der Waals surface area contributed by atoms with Crippen LogP contribution in [-0.4, -0.2) is 44.4 Å². The quantitative estimate of drug-likeness (QED) is 0.755. The second-order valence-corrected chi connectivity index (χ2v) is 5.86. The van der Waals surface area contributed by atoms with Gasteiger partial charge in [-0.15, -0.1) is 10.2 Å². The highest BCUT2D eigenvalue weighted by Crippen LogP contribution is 2.24. The summed E-state index contributed by atoms with van der Waals surface area (Å²) in [6, 6.07) is 3.68. The molecule has 0 spiro atoms. The van der Waals surface area contributed by atoms with Crippen molar-refractivity contribution in [2.24, 2.45) is 0 Å². The molecule has 6 nitrogen and oxygen atoms in total. The molecule has 0 amide bonds. The predicted molar refractivity (Wildman–Crippen MR) is 81.2 cm³/mol. The summed E-state index contributed by atoms with van der Waals surface area (Å²) in [5.74, 6) is 1.92. The first kappa shape index (κ1) is 16.1. The van der Waals surface area contributed by atoms with Crippen LogP contribution >= 0.6 is 11.8 Å². The molecule has 0 radical (unpaired) electrons. The summed E-state index contributed by atoms with van der Waals surface area (Å²) in [5.41, 5.74) is 0. The third-order valence-electron chi connectivity index (χ3n) is 2.80. The molecule has 2 aromatic rings. The summed E-state index contributed by atoms with van der Waals surface area (Å²) >= 11 is 1.47. The molecular formula is C14H21N3O3S. The molecular weight excluding hydrogens is 290 g/mol. The molecule has 0 fully saturated rings. The van der Waals surface area contributed by atoms with Crippen LogP contribution in [0.2, 0.25) is 0 Å². The smallest absolute Gasteiger partial charge is 0.200 e. The summed E-state index contributed by atoms with van der Waals surface area (Å²) in [7, 11) is 0. The Morgan fingerprint density at radius 2 is 2.24 bits per heavy atom. The molecule has 1 N–H and O–H groups in total. The van der Waals surface area contributed by atoms with Gasteiger partial charge < -0.3 is 14.3 Å². The first-order valence-corrected chi connectivity index (χ1v) is 8.00. The van der Waals surface area contributed by atoms with Crippen LogP contribution in [0.5, 0.6) is 0 Å². The summed E-state index contributed by atoms with van der Waals surface area (Å²) in [6.07, 6.45) is 1.21. The molecule has 1 unspecified atom stereocenters. The van der Waals surface area contributed by atoms with E-state index in [2.05, 4.69) is 10.2 Å². The number of ether oxygens (including phenoxy) is 1. The molecule has 7 heteroatoms. The van der Waals surface area contributed by atoms with Crippen molar-refractivity contribution < 1.29 is 14.3 Å². The van der Waals surface area contributed by atoms with E-state index in [0.29, 0.717) is 23.9 Å². The van der Waals surface area contributed by atoms with Crippen molar-refractivity contribution in [3.63, 3.8) is 0 Å². The van der Waals surface area contributed by atoms with Crippen LogP contribution in [0.4, 0.5) is 0 Å². The van der Waals surface area contributed by atoms with E-state index in [1.54, 1.807) is 6.26 Å². The SMILES string of the molecule is CCn1c(SCC(O)COC(C)C)nnc1-c1ccco1. The minimum absolute atomic E-state index is 0.120. The molecule has 2 rings (SSSR count). The summed E-state index contributed by atoms with van der Waals surface area (Å²) in [5, 5.41) is 19.0. The number of thioether (sulfide) groups is 1. The number of nitrogens with zero attached hydrogens (tertiary/aromatic N) is 3. The Morgan fingerprint density at radius 1 is 1.43 bits per heavy atom. The van der Waals surface area contributed by atoms with Crippen molar-refractivity contribution >= 4 is 11.8 Å². The van der Waals surface area contributed by atoms with E-state index in [9.17, 15) is 5.11 Å². The number of hydrogen-bond acceptors (Lipinski definition) is 6. The van der Waals surface area contributed by atoms with Crippen LogP contribution in [0.1, 0.15) is 20.8 Å². The van der Waals surface area contributed by atoms with Crippen molar-refractivity contribution in [1.29, 1.82) is 0 Å². The normalized spacial score (nSPS) is 13.0. The number of aliphatic hydroxyl groups is 1. The Balaban J connectivity index is 1.98. The molecule has 1 atom stereocenters. The van der Waals surface area contributed by atoms with Gasteiger partial charge in [-0.3, -0.25) is 4.57 Å². The number of aromatic nitrogens is 3. The van der Waals surface area contributed by atoms with E-state index in [1.807, 2.05) is 37.5 Å². The third-order valence-corrected chi connectivity index (χ3v) is 3.91. The molecule has 0 saturated heterocycles. The molecule has 0 bridgehead atoms. The van der Waals surface area contributed by atoms with E-state index >= 15 is 0 Å². The summed E-state index contributed by atoms with van der Waals surface area (Å²) in [6.45, 7) is 6.99. The molecule has 0 aromatic carbocycles. The predicted octanol–water partition coefficient (Wildman–Crippen LogP) is 2.44. The number of furan rings is 1. The van der Waals surface area contributed by atoms with Gasteiger partial charge in [0.1, 0.15) is 0 Å². The fourth-order valence-electron chi connectivity index (χ4n) is 1.79. The van der Waals surface area contributed by atoms with Gasteiger partial charge in [0.15, 0.2) is 16.7 Å². The maximum absolute atomic E-state index is 9.89. The van der Waals surface area contributed by atoms with Crippen molar-refractivity contribution in [1.82, 2.24) is 14.8 Å². The third kappa shape index (κ3) is 4.33. The molecule has 0 aliphatic heterocycles. The van der Waals surface area contributed by atoms with E-state index in [0.717, 1.165) is 11.7 Å². The molecule has 0 saturated carbocycles. The summed E-state index contributed by atoms with van der Waals surface area (Å²) in [4.78, 5) is 0. The minimum Gasteiger partial charge on any atom is -0.461 e. The van der Waals surface area contributed by atoms with Gasteiger partial charge >= 0.3 is 0 Å². The zero-order chi connectivity index (χ0) is 15.2. The lowest BCUT2D eigenvalue weighted by Gasteiger charge is -2.13. The zero-order valence-electron chi connectivity index (χ0n) is 12.5. The van der Waals surface area contributed by atoms with Gasteiger partial charge in [0.2, 0.25) is 0 Å². The lowest BCUT2D eigenvalue weighted by Crippen LogP contribution is -2.20. The highest BCUT2D eigenvalue weighted by molar-refractivity contribution is 7.99. The van der Waals surface area contributed by atoms with Gasteiger partial charge in [0.05, 0.1) is 25.1 Å². The van der Waals surface area contributed by atoms with Crippen LogP contribution in [0, 0.1) is 0 Å². The lowest BCUT2D eigenvalue weighted by molar-refractivity contribution is 0.0152. The lowest BCUT2D eigenvalue weighted by atomic mass is 10.4. The number of aliphatic hydroxyl groups excluding tert-OH is 1. The van der Waals surface area contributed by atoms with Gasteiger partial charge in [-0.05, 0) is 32.9 Å². The van der Waals surface area contributed by atoms with Crippen LogP contribution in [0.3, 0.4) is 0 Å². The molecule has 0 aliphatic carbocycles. The Bertz CT molecular complexity index is 540. The maximum atomic E-state index is 9.89. The van der Waals surface area contributed by atoms with E-state index < -0.39 is 6.10 Å². The monoisotopic (exact) mass is 311 g/mol. The maximum Gasteiger partial charge on any atom is 0.200 e. The number of hydrogen-bond donors (Lipinski definition) is 1. The molecule has 2 heterocycles. The van der Waals surface area contributed by atoms with Gasteiger partial charge in [-0.25, -0.2) is 0 Å². The first-order chi connectivity index (χ1) is 10.1. The van der Waals surface area contributed by atoms with Gasteiger partial charge in [-0.2, -0.15) is 0 Å². The highest BCUT2D eigenvalue weighted by atomic mass is 32.2. The average molecular weight is 311 g/mol. The van der Waals surface area contributed by atoms with Gasteiger partial charge in [0.25, 0.3) is 0 Å². The van der Waals surface area contributed by atoms with Crippen LogP contribution in [0.25, 0.3) is 11.6 Å². The Kier molecular flexibility index (Phi) is 5.84. The van der Waals surface area contributed by atoms with E-state index in [4.69, 9.17) is 9.15 Å². The standard InChI is InChI=1S/C14H21N3O3S/c1-4-17-13(12-6-5-7-19-12)15-16-14(17)21-9-11(18)8-20-10(2)3/h5-7,10-11,18H,4,8-9H2,1-3H3. The van der Waals surface area contributed by atoms with Crippen LogP contribution in [-0.2, 0) is 11.3 Å². The zero-order valence-corrected chi connectivity index (χ0v) is 13.3. The molecule has 21 heavy (non-hydrogen) atoms. The number of rotatable bonds is 8. The first-order valence-electron chi connectivity index (χ1n) is 7.01. The second-order valence-electron chi connectivity index (χ2n) is 4.87. The fraction of sp³-hybridized carbons (Fsp3) is 0.571. The van der Waals surface area contributed by atoms with Crippen molar-refractivity contribution in [2.45, 2.75) is 44.7 Å². The van der Waals surface area contributed by atoms with E-state index in [-0.39, 0.29) is 6.10 Å². The van der Waals surface area contributed by atoms with Crippen molar-refractivity contribution in [3.8, 4) is 11.6 Å². The van der Waals surface area contributed by atoms with Gasteiger partial charge in [0, 0.05) is 12.3 Å². The van der Waals surface area contributed by atoms with Crippen LogP contribution in [0.15, 0.2) is 28.0 Å². The van der Waals surface area contributed by atoms with Crippen molar-refractivity contribution in [3.05, 3.63) is 18.4 Å². The Morgan fingerprint density at radius 3 is 2.86 bits per heavy atom. The Labute approximate surface area is 128 Å².